The van der Waals surface area contributed by atoms with E-state index in [0.717, 1.165) is 0 Å². The number of sulfonamides is 1. The third kappa shape index (κ3) is 4.47. The maximum Gasteiger partial charge on any atom is 0.242 e. The molecule has 1 rings (SSSR count). The number of anilines is 1. The second-order valence-corrected chi connectivity index (χ2v) is 7.15. The summed E-state index contributed by atoms with van der Waals surface area (Å²) in [6.45, 7) is 6.94. The van der Waals surface area contributed by atoms with Gasteiger partial charge in [-0.2, -0.15) is 0 Å². The van der Waals surface area contributed by atoms with E-state index in [9.17, 15) is 8.42 Å². The summed E-state index contributed by atoms with van der Waals surface area (Å²) in [7, 11) is -1.62. The van der Waals surface area contributed by atoms with Crippen LogP contribution < -0.4 is 15.4 Å². The molecule has 114 valence electrons. The Labute approximate surface area is 122 Å². The van der Waals surface area contributed by atoms with Crippen molar-refractivity contribution < 1.29 is 8.42 Å². The second kappa shape index (κ2) is 7.06. The highest BCUT2D eigenvalue weighted by Crippen LogP contribution is 2.24. The summed E-state index contributed by atoms with van der Waals surface area (Å²) in [4.78, 5) is 2.24. The molecule has 0 spiro atoms. The van der Waals surface area contributed by atoms with Crippen LogP contribution in [0.5, 0.6) is 0 Å². The van der Waals surface area contributed by atoms with Gasteiger partial charge in [0.15, 0.2) is 0 Å². The molecule has 1 unspecified atom stereocenters. The normalized spacial score (nSPS) is 13.5. The number of nitrogens with two attached hydrogens (primary N) is 1. The Bertz CT molecular complexity index is 529. The zero-order chi connectivity index (χ0) is 15.3. The first-order valence-corrected chi connectivity index (χ1v) is 8.28. The lowest BCUT2D eigenvalue weighted by Gasteiger charge is -2.25. The van der Waals surface area contributed by atoms with Gasteiger partial charge in [0.2, 0.25) is 10.0 Å². The molecule has 1 aromatic rings. The minimum atomic E-state index is -3.50. The number of para-hydroxylation sites is 1. The van der Waals surface area contributed by atoms with Crippen LogP contribution in [0, 0.1) is 5.92 Å². The van der Waals surface area contributed by atoms with Gasteiger partial charge in [-0.3, -0.25) is 0 Å². The fraction of sp³-hybridized carbons (Fsp3) is 0.571. The summed E-state index contributed by atoms with van der Waals surface area (Å²) >= 11 is 0. The van der Waals surface area contributed by atoms with Gasteiger partial charge in [0.05, 0.1) is 5.69 Å². The lowest BCUT2D eigenvalue weighted by molar-refractivity contribution is 0.566. The first-order chi connectivity index (χ1) is 9.27. The Morgan fingerprint density at radius 2 is 1.85 bits per heavy atom. The van der Waals surface area contributed by atoms with E-state index in [1.165, 1.54) is 0 Å². The second-order valence-electron chi connectivity index (χ2n) is 5.47. The van der Waals surface area contributed by atoms with Crippen LogP contribution in [0.2, 0.25) is 0 Å². The van der Waals surface area contributed by atoms with Gasteiger partial charge in [-0.1, -0.05) is 19.1 Å². The molecule has 0 bridgehead atoms. The summed E-state index contributed by atoms with van der Waals surface area (Å²) in [6.07, 6.45) is 0. The van der Waals surface area contributed by atoms with Crippen LogP contribution >= 0.6 is 0 Å². The van der Waals surface area contributed by atoms with Gasteiger partial charge >= 0.3 is 0 Å². The number of nitrogens with one attached hydrogen (secondary N) is 1. The van der Waals surface area contributed by atoms with Crippen molar-refractivity contribution in [2.75, 3.05) is 25.0 Å². The molecule has 0 amide bonds. The van der Waals surface area contributed by atoms with E-state index in [1.807, 2.05) is 31.0 Å². The lowest BCUT2D eigenvalue weighted by atomic mass is 10.1. The molecule has 3 N–H and O–H groups in total. The van der Waals surface area contributed by atoms with Crippen molar-refractivity contribution in [1.29, 1.82) is 0 Å². The minimum Gasteiger partial charge on any atom is -0.373 e. The molecular weight excluding hydrogens is 274 g/mol. The summed E-state index contributed by atoms with van der Waals surface area (Å²) in [5.41, 5.74) is 6.33. The Hall–Kier alpha value is -1.11. The third-order valence-electron chi connectivity index (χ3n) is 2.94. The van der Waals surface area contributed by atoms with Gasteiger partial charge in [0.25, 0.3) is 0 Å². The molecule has 0 aromatic heterocycles. The van der Waals surface area contributed by atoms with E-state index in [-0.39, 0.29) is 6.04 Å². The number of hydrogen-bond donors (Lipinski definition) is 2. The maximum atomic E-state index is 12.4. The molecular formula is C14H25N3O2S. The Morgan fingerprint density at radius 1 is 1.25 bits per heavy atom. The number of rotatable bonds is 7. The van der Waals surface area contributed by atoms with E-state index in [0.29, 0.717) is 29.6 Å². The highest BCUT2D eigenvalue weighted by Gasteiger charge is 2.21. The molecule has 0 saturated carbocycles. The van der Waals surface area contributed by atoms with Crippen LogP contribution in [0.1, 0.15) is 20.8 Å². The van der Waals surface area contributed by atoms with Crippen molar-refractivity contribution in [1.82, 2.24) is 4.72 Å². The van der Waals surface area contributed by atoms with Crippen LogP contribution in [0.4, 0.5) is 5.69 Å². The van der Waals surface area contributed by atoms with Crippen LogP contribution in [0.15, 0.2) is 29.2 Å². The van der Waals surface area contributed by atoms with E-state index >= 15 is 0 Å². The van der Waals surface area contributed by atoms with Crippen molar-refractivity contribution >= 4 is 15.7 Å². The van der Waals surface area contributed by atoms with Gasteiger partial charge in [-0.05, 0) is 38.4 Å². The first-order valence-electron chi connectivity index (χ1n) is 6.80. The number of nitrogens with zero attached hydrogens (tertiary/aromatic N) is 1. The van der Waals surface area contributed by atoms with Crippen molar-refractivity contribution in [3.8, 4) is 0 Å². The van der Waals surface area contributed by atoms with Crippen molar-refractivity contribution in [2.24, 2.45) is 11.7 Å². The molecule has 1 aromatic carbocycles. The summed E-state index contributed by atoms with van der Waals surface area (Å²) in [5.74, 6) is 0.300. The molecule has 0 saturated heterocycles. The first kappa shape index (κ1) is 16.9. The van der Waals surface area contributed by atoms with Gasteiger partial charge in [-0.25, -0.2) is 13.1 Å². The van der Waals surface area contributed by atoms with Crippen molar-refractivity contribution in [2.45, 2.75) is 31.7 Å². The predicted octanol–water partition coefficient (Wildman–Crippen LogP) is 1.40. The maximum absolute atomic E-state index is 12.4. The molecule has 0 fully saturated rings. The standard InChI is InChI=1S/C14H25N3O2S/c1-11(2)16-20(18,19)14-8-6-5-7-13(14)17(4)10-12(3)9-15/h5-8,11-12,16H,9-10,15H2,1-4H3. The van der Waals surface area contributed by atoms with Gasteiger partial charge in [-0.15, -0.1) is 0 Å². The Morgan fingerprint density at radius 3 is 2.40 bits per heavy atom. The van der Waals surface area contributed by atoms with E-state index in [4.69, 9.17) is 5.73 Å². The van der Waals surface area contributed by atoms with Crippen molar-refractivity contribution in [3.63, 3.8) is 0 Å². The highest BCUT2D eigenvalue weighted by molar-refractivity contribution is 7.89. The zero-order valence-corrected chi connectivity index (χ0v) is 13.4. The van der Waals surface area contributed by atoms with Gasteiger partial charge in [0, 0.05) is 19.6 Å². The fourth-order valence-corrected chi connectivity index (χ4v) is 3.52. The Kier molecular flexibility index (Phi) is 5.98. The van der Waals surface area contributed by atoms with Crippen LogP contribution in [0.25, 0.3) is 0 Å². The van der Waals surface area contributed by atoms with Gasteiger partial charge in [0.1, 0.15) is 4.90 Å². The SMILES string of the molecule is CC(CN)CN(C)c1ccccc1S(=O)(=O)NC(C)C. The van der Waals surface area contributed by atoms with Crippen LogP contribution in [-0.4, -0.2) is 34.6 Å². The van der Waals surface area contributed by atoms with Crippen LogP contribution in [-0.2, 0) is 10.0 Å². The molecule has 0 radical (unpaired) electrons. The predicted molar refractivity (Wildman–Crippen MR) is 83.4 cm³/mol. The topological polar surface area (TPSA) is 75.4 Å². The average Bonchev–Trinajstić information content (AvgIpc) is 2.37. The highest BCUT2D eigenvalue weighted by atomic mass is 32.2. The molecule has 20 heavy (non-hydrogen) atoms. The van der Waals surface area contributed by atoms with E-state index in [2.05, 4.69) is 4.72 Å². The summed E-state index contributed by atoms with van der Waals surface area (Å²) < 4.78 is 27.3. The van der Waals surface area contributed by atoms with Crippen molar-refractivity contribution in [3.05, 3.63) is 24.3 Å². The monoisotopic (exact) mass is 299 g/mol. The van der Waals surface area contributed by atoms with E-state index < -0.39 is 10.0 Å². The molecule has 1 atom stereocenters. The van der Waals surface area contributed by atoms with Gasteiger partial charge < -0.3 is 10.6 Å². The van der Waals surface area contributed by atoms with Crippen LogP contribution in [0.3, 0.4) is 0 Å². The average molecular weight is 299 g/mol. The molecule has 0 aliphatic rings. The molecule has 0 aliphatic carbocycles. The molecule has 0 heterocycles. The molecule has 0 aliphatic heterocycles. The Balaban J connectivity index is 3.11. The number of benzene rings is 1. The summed E-state index contributed by atoms with van der Waals surface area (Å²) in [5, 5.41) is 0. The summed E-state index contributed by atoms with van der Waals surface area (Å²) in [6, 6.07) is 6.88. The molecule has 5 nitrogen and oxygen atoms in total. The fourth-order valence-electron chi connectivity index (χ4n) is 2.01. The zero-order valence-electron chi connectivity index (χ0n) is 12.6. The molecule has 6 heteroatoms. The third-order valence-corrected chi connectivity index (χ3v) is 4.65. The minimum absolute atomic E-state index is 0.138. The quantitative estimate of drug-likeness (QED) is 0.798. The van der Waals surface area contributed by atoms with E-state index in [1.54, 1.807) is 26.0 Å². The lowest BCUT2D eigenvalue weighted by Crippen LogP contribution is -2.33. The smallest absolute Gasteiger partial charge is 0.242 e. The number of hydrogen-bond acceptors (Lipinski definition) is 4. The largest absolute Gasteiger partial charge is 0.373 e.